The van der Waals surface area contributed by atoms with Crippen LogP contribution in [-0.2, 0) is 0 Å². The summed E-state index contributed by atoms with van der Waals surface area (Å²) in [5, 5.41) is 12.7. The zero-order valence-corrected chi connectivity index (χ0v) is 20.2. The second kappa shape index (κ2) is 10.3. The lowest BCUT2D eigenvalue weighted by molar-refractivity contribution is 0.0416. The lowest BCUT2D eigenvalue weighted by atomic mass is 9.94. The molecule has 1 N–H and O–H groups in total. The van der Waals surface area contributed by atoms with E-state index in [9.17, 15) is 14.7 Å². The maximum atomic E-state index is 13.1. The van der Waals surface area contributed by atoms with Crippen LogP contribution in [0.2, 0.25) is 5.02 Å². The Balaban J connectivity index is 1.09. The van der Waals surface area contributed by atoms with E-state index >= 15 is 0 Å². The number of β-amino-alcohol motifs (C(OH)–C–C–N with tert-alkyl or cyclic N) is 1. The third kappa shape index (κ3) is 5.18. The molecule has 0 unspecified atom stereocenters. The van der Waals surface area contributed by atoms with Crippen molar-refractivity contribution in [3.8, 4) is 5.75 Å². The first kappa shape index (κ1) is 23.8. The fourth-order valence-electron chi connectivity index (χ4n) is 4.79. The lowest BCUT2D eigenvalue weighted by Gasteiger charge is -2.36. The molecule has 3 aromatic carbocycles. The molecular formula is C27H28ClN3O4. The molecule has 35 heavy (non-hydrogen) atoms. The number of aliphatic hydroxyl groups excluding tert-OH is 1. The van der Waals surface area contributed by atoms with Gasteiger partial charge in [0.05, 0.1) is 0 Å². The summed E-state index contributed by atoms with van der Waals surface area (Å²) in [5.74, 6) is 0.238. The van der Waals surface area contributed by atoms with Crippen molar-refractivity contribution < 1.29 is 19.4 Å². The molecule has 1 atom stereocenters. The van der Waals surface area contributed by atoms with Gasteiger partial charge in [0.25, 0.3) is 11.8 Å². The van der Waals surface area contributed by atoms with Gasteiger partial charge in [0.2, 0.25) is 0 Å². The highest BCUT2D eigenvalue weighted by Gasteiger charge is 2.33. The Bertz CT molecular complexity index is 1170. The van der Waals surface area contributed by atoms with Gasteiger partial charge >= 0.3 is 0 Å². The molecule has 3 aromatic rings. The van der Waals surface area contributed by atoms with Crippen LogP contribution >= 0.6 is 11.6 Å². The molecule has 2 amide bonds. The number of amides is 2. The first-order valence-electron chi connectivity index (χ1n) is 11.9. The van der Waals surface area contributed by atoms with Crippen LogP contribution in [0.3, 0.4) is 0 Å². The number of rotatable bonds is 8. The largest absolute Gasteiger partial charge is 0.491 e. The number of halogens is 1. The Morgan fingerprint density at radius 1 is 0.829 bits per heavy atom. The van der Waals surface area contributed by atoms with Gasteiger partial charge in [0.15, 0.2) is 0 Å². The maximum Gasteiger partial charge on any atom is 0.261 e. The summed E-state index contributed by atoms with van der Waals surface area (Å²) in [7, 11) is 0. The van der Waals surface area contributed by atoms with Crippen LogP contribution in [0.5, 0.6) is 5.75 Å². The Kier molecular flexibility index (Phi) is 7.02. The smallest absolute Gasteiger partial charge is 0.261 e. The van der Waals surface area contributed by atoms with Gasteiger partial charge in [-0.05, 0) is 41.8 Å². The monoisotopic (exact) mass is 493 g/mol. The third-order valence-electron chi connectivity index (χ3n) is 6.69. The Hall–Kier alpha value is -2.97. The van der Waals surface area contributed by atoms with Crippen LogP contribution in [0.25, 0.3) is 10.8 Å². The quantitative estimate of drug-likeness (QED) is 0.486. The molecule has 0 aromatic heterocycles. The number of carbonyl (C=O) groups is 2. The first-order valence-corrected chi connectivity index (χ1v) is 12.3. The molecule has 1 saturated heterocycles. The van der Waals surface area contributed by atoms with Crippen molar-refractivity contribution >= 4 is 34.2 Å². The van der Waals surface area contributed by atoms with Crippen molar-refractivity contribution in [1.29, 1.82) is 0 Å². The lowest BCUT2D eigenvalue weighted by Crippen LogP contribution is -2.51. The zero-order valence-electron chi connectivity index (χ0n) is 19.4. The molecule has 2 aliphatic rings. The number of piperazine rings is 1. The van der Waals surface area contributed by atoms with E-state index in [1.807, 2.05) is 24.3 Å². The van der Waals surface area contributed by atoms with Crippen molar-refractivity contribution in [3.63, 3.8) is 0 Å². The highest BCUT2D eigenvalue weighted by atomic mass is 35.5. The summed E-state index contributed by atoms with van der Waals surface area (Å²) >= 11 is 5.88. The van der Waals surface area contributed by atoms with Gasteiger partial charge in [-0.1, -0.05) is 35.9 Å². The van der Waals surface area contributed by atoms with E-state index in [4.69, 9.17) is 16.3 Å². The van der Waals surface area contributed by atoms with E-state index in [1.165, 1.54) is 4.90 Å². The molecule has 0 saturated carbocycles. The van der Waals surface area contributed by atoms with Crippen LogP contribution in [0.4, 0.5) is 0 Å². The maximum absolute atomic E-state index is 13.1. The number of nitrogens with zero attached hydrogens (tertiary/aromatic N) is 3. The number of hydrogen-bond acceptors (Lipinski definition) is 6. The van der Waals surface area contributed by atoms with Crippen LogP contribution in [0, 0.1) is 0 Å². The minimum absolute atomic E-state index is 0.218. The van der Waals surface area contributed by atoms with Crippen LogP contribution in [0.15, 0.2) is 60.7 Å². The molecule has 8 heteroatoms. The number of carbonyl (C=O) groups excluding carboxylic acids is 2. The standard InChI is InChI=1S/C27H28ClN3O4/c28-20-7-9-22(10-8-20)35-18-21(32)17-30-13-11-29(12-14-30)15-16-31-26(33)23-5-1-3-19-4-2-6-24(25(19)23)27(31)34/h1-10,21,32H,11-18H2/t21-/m1/s1. The summed E-state index contributed by atoms with van der Waals surface area (Å²) in [6.45, 7) is 4.98. The number of imide groups is 1. The van der Waals surface area contributed by atoms with Gasteiger partial charge in [0, 0.05) is 67.3 Å². The van der Waals surface area contributed by atoms with E-state index in [1.54, 1.807) is 36.4 Å². The van der Waals surface area contributed by atoms with E-state index in [0.717, 1.165) is 37.0 Å². The molecule has 0 bridgehead atoms. The van der Waals surface area contributed by atoms with E-state index < -0.39 is 6.10 Å². The van der Waals surface area contributed by atoms with Crippen LogP contribution in [0.1, 0.15) is 20.7 Å². The van der Waals surface area contributed by atoms with Crippen LogP contribution in [-0.4, -0.2) is 90.1 Å². The minimum Gasteiger partial charge on any atom is -0.491 e. The third-order valence-corrected chi connectivity index (χ3v) is 6.94. The molecular weight excluding hydrogens is 466 g/mol. The molecule has 5 rings (SSSR count). The normalized spacial score (nSPS) is 17.7. The van der Waals surface area contributed by atoms with E-state index in [2.05, 4.69) is 9.80 Å². The van der Waals surface area contributed by atoms with Gasteiger partial charge in [-0.15, -0.1) is 0 Å². The molecule has 182 valence electrons. The molecule has 2 heterocycles. The second-order valence-corrected chi connectivity index (χ2v) is 9.47. The van der Waals surface area contributed by atoms with Gasteiger partial charge in [-0.3, -0.25) is 24.3 Å². The second-order valence-electron chi connectivity index (χ2n) is 9.03. The summed E-state index contributed by atoms with van der Waals surface area (Å²) in [6, 6.07) is 18.3. The topological polar surface area (TPSA) is 73.3 Å². The SMILES string of the molecule is O=C1c2cccc3cccc(c23)C(=O)N1CCN1CCN(C[C@@H](O)COc2ccc(Cl)cc2)CC1. The fraction of sp³-hybridized carbons (Fsp3) is 0.333. The van der Waals surface area contributed by atoms with Gasteiger partial charge in [-0.25, -0.2) is 0 Å². The van der Waals surface area contributed by atoms with Crippen molar-refractivity contribution in [3.05, 3.63) is 76.8 Å². The molecule has 0 aliphatic carbocycles. The summed E-state index contributed by atoms with van der Waals surface area (Å²) in [5.41, 5.74) is 1.19. The Morgan fingerprint density at radius 2 is 1.43 bits per heavy atom. The first-order chi connectivity index (χ1) is 17.0. The molecule has 0 spiro atoms. The highest BCUT2D eigenvalue weighted by molar-refractivity contribution is 6.30. The van der Waals surface area contributed by atoms with Crippen molar-refractivity contribution in [1.82, 2.24) is 14.7 Å². The average molecular weight is 494 g/mol. The summed E-state index contributed by atoms with van der Waals surface area (Å²) < 4.78 is 5.64. The minimum atomic E-state index is -0.594. The van der Waals surface area contributed by atoms with Gasteiger partial charge < -0.3 is 9.84 Å². The predicted molar refractivity (Wildman–Crippen MR) is 135 cm³/mol. The molecule has 1 fully saturated rings. The average Bonchev–Trinajstić information content (AvgIpc) is 2.88. The Labute approximate surface area is 209 Å². The Morgan fingerprint density at radius 3 is 2.06 bits per heavy atom. The van der Waals surface area contributed by atoms with Crippen molar-refractivity contribution in [2.24, 2.45) is 0 Å². The number of benzene rings is 3. The van der Waals surface area contributed by atoms with Gasteiger partial charge in [-0.2, -0.15) is 0 Å². The van der Waals surface area contributed by atoms with Crippen molar-refractivity contribution in [2.75, 3.05) is 52.4 Å². The number of hydrogen-bond donors (Lipinski definition) is 1. The van der Waals surface area contributed by atoms with E-state index in [-0.39, 0.29) is 18.4 Å². The van der Waals surface area contributed by atoms with Crippen molar-refractivity contribution in [2.45, 2.75) is 6.10 Å². The van der Waals surface area contributed by atoms with Crippen LogP contribution < -0.4 is 4.74 Å². The summed E-state index contributed by atoms with van der Waals surface area (Å²) in [4.78, 5) is 32.0. The zero-order chi connectivity index (χ0) is 24.4. The molecule has 7 nitrogen and oxygen atoms in total. The molecule has 0 radical (unpaired) electrons. The predicted octanol–water partition coefficient (Wildman–Crippen LogP) is 3.15. The summed E-state index contributed by atoms with van der Waals surface area (Å²) in [6.07, 6.45) is -0.594. The number of aliphatic hydroxyl groups is 1. The highest BCUT2D eigenvalue weighted by Crippen LogP contribution is 2.29. The van der Waals surface area contributed by atoms with E-state index in [0.29, 0.717) is 41.5 Å². The number of ether oxygens (including phenoxy) is 1. The fourth-order valence-corrected chi connectivity index (χ4v) is 4.92. The van der Waals surface area contributed by atoms with Gasteiger partial charge in [0.1, 0.15) is 18.5 Å². The molecule has 2 aliphatic heterocycles.